The van der Waals surface area contributed by atoms with E-state index in [1.54, 1.807) is 0 Å². The largest absolute Gasteiger partial charge is 0.168 e. The van der Waals surface area contributed by atoms with Crippen LogP contribution < -0.4 is 24.8 Å². The van der Waals surface area contributed by atoms with Gasteiger partial charge in [-0.05, 0) is 0 Å². The van der Waals surface area contributed by atoms with Crippen LogP contribution in [0.4, 0.5) is 0 Å². The van der Waals surface area contributed by atoms with Gasteiger partial charge in [-0.2, -0.15) is 29.7 Å². The number of hydrogen-bond acceptors (Lipinski definition) is 0. The molecule has 35 heavy (non-hydrogen) atoms. The van der Waals surface area contributed by atoms with Crippen molar-refractivity contribution in [2.24, 2.45) is 0 Å². The van der Waals surface area contributed by atoms with Gasteiger partial charge in [-0.15, -0.1) is 64.2 Å². The summed E-state index contributed by atoms with van der Waals surface area (Å²) in [6.07, 6.45) is 0. The topological polar surface area (TPSA) is 0 Å². The minimum Gasteiger partial charge on any atom is -0.168 e. The third-order valence-electron chi connectivity index (χ3n) is 5.57. The Balaban J connectivity index is 0.000000185. The number of benzene rings is 4. The molecule has 0 unspecified atom stereocenters. The summed E-state index contributed by atoms with van der Waals surface area (Å²) in [5.41, 5.74) is 4.03. The van der Waals surface area contributed by atoms with Crippen LogP contribution in [-0.4, -0.2) is 3.21 Å². The molecular weight excluding hydrogens is 546 g/mol. The standard InChI is InChI=1S/C13H10.C10H9.C9H7.2ClH.Zr/c1-3-7-12(8-4-1)11-13-9-5-2-6-10-13;1-8-6-7-9-4-2-3-5-10(8)9;1-2-5-9-7-3-6-8(9)4-1;;;/h1-10H;2-7H,1H3;1-7H;2*1H;/q;2*-1;;;+2/p-2. The Kier molecular flexibility index (Phi) is 12.1. The number of fused-ring (bicyclic) bond motifs is 2. The number of hydrogen-bond donors (Lipinski definition) is 0. The zero-order valence-electron chi connectivity index (χ0n) is 19.5. The first-order chi connectivity index (χ1) is 16.2. The molecule has 0 fully saturated rings. The molecular formula is C32H26Cl2Zr-2. The third-order valence-corrected chi connectivity index (χ3v) is 6.99. The second-order valence-electron chi connectivity index (χ2n) is 7.87. The Hall–Kier alpha value is -2.57. The van der Waals surface area contributed by atoms with Crippen LogP contribution in [0.25, 0.3) is 21.5 Å². The molecule has 0 radical (unpaired) electrons. The molecule has 0 heterocycles. The van der Waals surface area contributed by atoms with E-state index in [1.807, 2.05) is 0 Å². The minimum atomic E-state index is 0. The molecule has 3 heteroatoms. The summed E-state index contributed by atoms with van der Waals surface area (Å²) >= 11 is 1.46. The first-order valence-electron chi connectivity index (χ1n) is 11.1. The molecule has 6 aromatic rings. The Morgan fingerprint density at radius 2 is 1.11 bits per heavy atom. The van der Waals surface area contributed by atoms with Crippen LogP contribution in [0, 0.1) is 6.92 Å². The Morgan fingerprint density at radius 3 is 1.69 bits per heavy atom. The van der Waals surface area contributed by atoms with E-state index in [4.69, 9.17) is 0 Å². The van der Waals surface area contributed by atoms with Crippen molar-refractivity contribution < 1.29 is 49.0 Å². The van der Waals surface area contributed by atoms with Gasteiger partial charge in [-0.1, -0.05) is 19.1 Å². The average Bonchev–Trinajstić information content (AvgIpc) is 3.52. The molecule has 0 spiro atoms. The van der Waals surface area contributed by atoms with E-state index in [0.717, 1.165) is 0 Å². The van der Waals surface area contributed by atoms with Crippen molar-refractivity contribution in [2.75, 3.05) is 0 Å². The molecule has 0 aliphatic carbocycles. The van der Waals surface area contributed by atoms with E-state index >= 15 is 0 Å². The molecule has 6 aromatic carbocycles. The van der Waals surface area contributed by atoms with Crippen molar-refractivity contribution in [3.63, 3.8) is 0 Å². The van der Waals surface area contributed by atoms with Crippen molar-refractivity contribution in [1.29, 1.82) is 0 Å². The molecule has 0 N–H and O–H groups in total. The fourth-order valence-corrected chi connectivity index (χ4v) is 4.57. The van der Waals surface area contributed by atoms with E-state index in [-0.39, 0.29) is 24.8 Å². The normalized spacial score (nSPS) is 9.57. The second-order valence-corrected chi connectivity index (χ2v) is 9.09. The molecule has 0 saturated carbocycles. The van der Waals surface area contributed by atoms with Crippen LogP contribution in [-0.2, 0) is 24.2 Å². The van der Waals surface area contributed by atoms with Crippen molar-refractivity contribution in [3.8, 4) is 0 Å². The molecule has 0 aliphatic rings. The van der Waals surface area contributed by atoms with Crippen LogP contribution >= 0.6 is 0 Å². The number of halogens is 2. The molecule has 0 saturated heterocycles. The van der Waals surface area contributed by atoms with Crippen LogP contribution in [0.2, 0.25) is 0 Å². The van der Waals surface area contributed by atoms with Gasteiger partial charge in [0.25, 0.3) is 0 Å². The molecule has 6 rings (SSSR count). The van der Waals surface area contributed by atoms with Crippen LogP contribution in [0.5, 0.6) is 0 Å². The summed E-state index contributed by atoms with van der Waals surface area (Å²) < 4.78 is 1.42. The molecule has 0 nitrogen and oxygen atoms in total. The smallest absolute Gasteiger partial charge is 0.0809 e. The van der Waals surface area contributed by atoms with E-state index in [1.165, 1.54) is 65.7 Å². The Labute approximate surface area is 235 Å². The predicted molar refractivity (Wildman–Crippen MR) is 140 cm³/mol. The quantitative estimate of drug-likeness (QED) is 0.280. The molecule has 0 bridgehead atoms. The number of aryl methyl sites for hydroxylation is 1. The van der Waals surface area contributed by atoms with Gasteiger partial charge < -0.3 is 24.8 Å². The SMILES string of the molecule is C[c-]1ccc2ccccc21.[Cl-].[Cl-].[Zr+2]=[C](c1ccccc1)c1ccccc1.c1ccc2[cH-]ccc2c1. The summed E-state index contributed by atoms with van der Waals surface area (Å²) in [5, 5.41) is 5.39. The van der Waals surface area contributed by atoms with Crippen LogP contribution in [0.3, 0.4) is 0 Å². The van der Waals surface area contributed by atoms with Gasteiger partial charge in [0.2, 0.25) is 0 Å². The predicted octanol–water partition coefficient (Wildman–Crippen LogP) is 2.24. The van der Waals surface area contributed by atoms with Gasteiger partial charge in [0.1, 0.15) is 0 Å². The summed E-state index contributed by atoms with van der Waals surface area (Å²) in [6.45, 7) is 2.14. The van der Waals surface area contributed by atoms with Crippen molar-refractivity contribution >= 4 is 24.8 Å². The monoisotopic (exact) mass is 570 g/mol. The van der Waals surface area contributed by atoms with E-state index < -0.39 is 0 Å². The molecule has 174 valence electrons. The van der Waals surface area contributed by atoms with Gasteiger partial charge in [0.05, 0.1) is 0 Å². The first-order valence-corrected chi connectivity index (χ1v) is 12.4. The maximum absolute atomic E-state index is 2.16. The fraction of sp³-hybridized carbons (Fsp3) is 0.0312. The van der Waals surface area contributed by atoms with E-state index in [9.17, 15) is 0 Å². The Morgan fingerprint density at radius 1 is 0.600 bits per heavy atom. The summed E-state index contributed by atoms with van der Waals surface area (Å²) in [4.78, 5) is 0. The van der Waals surface area contributed by atoms with Crippen molar-refractivity contribution in [3.05, 3.63) is 156 Å². The zero-order chi connectivity index (χ0) is 22.9. The maximum Gasteiger partial charge on any atom is -0.0809 e. The Bertz CT molecular complexity index is 1360. The van der Waals surface area contributed by atoms with Gasteiger partial charge in [-0.25, -0.2) is 0 Å². The first kappa shape index (κ1) is 28.7. The van der Waals surface area contributed by atoms with Crippen molar-refractivity contribution in [1.82, 2.24) is 0 Å². The minimum absolute atomic E-state index is 0. The number of rotatable bonds is 2. The fourth-order valence-electron chi connectivity index (χ4n) is 3.75. The molecule has 0 atom stereocenters. The van der Waals surface area contributed by atoms with E-state index in [0.29, 0.717) is 0 Å². The van der Waals surface area contributed by atoms with E-state index in [2.05, 4.69) is 146 Å². The van der Waals surface area contributed by atoms with Gasteiger partial charge in [-0.3, -0.25) is 0 Å². The molecule has 0 aromatic heterocycles. The maximum atomic E-state index is 2.16. The zero-order valence-corrected chi connectivity index (χ0v) is 23.5. The van der Waals surface area contributed by atoms with Crippen LogP contribution in [0.1, 0.15) is 16.7 Å². The van der Waals surface area contributed by atoms with Crippen molar-refractivity contribution in [2.45, 2.75) is 6.92 Å². The molecule has 0 amide bonds. The average molecular weight is 573 g/mol. The van der Waals surface area contributed by atoms with Gasteiger partial charge >= 0.3 is 99.2 Å². The third kappa shape index (κ3) is 7.98. The van der Waals surface area contributed by atoms with Gasteiger partial charge in [0.15, 0.2) is 0 Å². The summed E-state index contributed by atoms with van der Waals surface area (Å²) in [6, 6.07) is 48.5. The summed E-state index contributed by atoms with van der Waals surface area (Å²) in [7, 11) is 0. The van der Waals surface area contributed by atoms with Crippen LogP contribution in [0.15, 0.2) is 140 Å². The summed E-state index contributed by atoms with van der Waals surface area (Å²) in [5.74, 6) is 0. The second kappa shape index (κ2) is 14.7. The van der Waals surface area contributed by atoms with Gasteiger partial charge in [0, 0.05) is 0 Å². The molecule has 0 aliphatic heterocycles.